The van der Waals surface area contributed by atoms with Gasteiger partial charge < -0.3 is 0 Å². The van der Waals surface area contributed by atoms with Crippen molar-refractivity contribution in [2.75, 3.05) is 0 Å². The lowest BCUT2D eigenvalue weighted by atomic mass is 10.1. The Kier molecular flexibility index (Phi) is 3.99. The van der Waals surface area contributed by atoms with Crippen LogP contribution in [0.25, 0.3) is 21.5 Å². The Morgan fingerprint density at radius 1 is 0.533 bits per heavy atom. The molecule has 0 aliphatic carbocycles. The highest BCUT2D eigenvalue weighted by Gasteiger charge is 2.19. The van der Waals surface area contributed by atoms with E-state index in [2.05, 4.69) is 9.97 Å². The lowest BCUT2D eigenvalue weighted by Crippen LogP contribution is -2.26. The van der Waals surface area contributed by atoms with Crippen LogP contribution in [-0.2, 0) is 13.1 Å². The molecule has 0 atom stereocenters. The van der Waals surface area contributed by atoms with Gasteiger partial charge in [-0.3, -0.25) is 38.3 Å². The van der Waals surface area contributed by atoms with Crippen LogP contribution in [-0.4, -0.2) is 19.1 Å². The molecular formula is C22H14N4O4. The molecule has 0 saturated heterocycles. The summed E-state index contributed by atoms with van der Waals surface area (Å²) in [6, 6.07) is 9.59. The third-order valence-corrected chi connectivity index (χ3v) is 5.24. The van der Waals surface area contributed by atoms with Crippen LogP contribution in [0.1, 0.15) is 11.1 Å². The maximum absolute atomic E-state index is 12.8. The van der Waals surface area contributed by atoms with E-state index >= 15 is 0 Å². The van der Waals surface area contributed by atoms with Gasteiger partial charge in [0, 0.05) is 24.8 Å². The largest absolute Gasteiger partial charge is 0.270 e. The quantitative estimate of drug-likeness (QED) is 0.444. The summed E-state index contributed by atoms with van der Waals surface area (Å²) in [6.07, 6.45) is 6.32. The minimum absolute atomic E-state index is 0.0929. The molecule has 5 aromatic rings. The maximum Gasteiger partial charge on any atom is 0.261 e. The van der Waals surface area contributed by atoms with E-state index in [1.165, 1.54) is 12.1 Å². The Morgan fingerprint density at radius 3 is 1.13 bits per heavy atom. The van der Waals surface area contributed by atoms with Crippen molar-refractivity contribution in [3.63, 3.8) is 0 Å². The van der Waals surface area contributed by atoms with Gasteiger partial charge in [-0.1, -0.05) is 0 Å². The molecule has 8 heteroatoms. The van der Waals surface area contributed by atoms with Gasteiger partial charge in [0.25, 0.3) is 22.2 Å². The average Bonchev–Trinajstić information content (AvgIpc) is 3.14. The SMILES string of the molecule is O=c1c2cc3c(=O)n(Cc4ccncc4)c(=O)c3cc2c(=O)n1Cc1ccncc1. The number of hydrogen-bond donors (Lipinski definition) is 0. The molecule has 30 heavy (non-hydrogen) atoms. The summed E-state index contributed by atoms with van der Waals surface area (Å²) in [5.74, 6) is 0. The summed E-state index contributed by atoms with van der Waals surface area (Å²) >= 11 is 0. The van der Waals surface area contributed by atoms with Crippen molar-refractivity contribution in [2.24, 2.45) is 0 Å². The molecule has 0 bridgehead atoms. The van der Waals surface area contributed by atoms with Gasteiger partial charge in [-0.2, -0.15) is 0 Å². The van der Waals surface area contributed by atoms with Gasteiger partial charge in [0.1, 0.15) is 0 Å². The standard InChI is InChI=1S/C22H14N4O4/c27-19-15-9-17-18(22(30)26(21(17)29)12-14-3-7-24-8-4-14)10-16(15)20(28)25(19)11-13-1-5-23-6-2-13/h1-10H,11-12H2. The van der Waals surface area contributed by atoms with E-state index in [1.54, 1.807) is 49.1 Å². The average molecular weight is 398 g/mol. The molecule has 0 unspecified atom stereocenters. The summed E-state index contributed by atoms with van der Waals surface area (Å²) in [4.78, 5) is 59.2. The second-order valence-corrected chi connectivity index (χ2v) is 7.05. The van der Waals surface area contributed by atoms with Crippen LogP contribution in [0, 0.1) is 0 Å². The van der Waals surface area contributed by atoms with E-state index in [1.807, 2.05) is 0 Å². The van der Waals surface area contributed by atoms with E-state index in [-0.39, 0.29) is 34.6 Å². The Balaban J connectivity index is 1.69. The van der Waals surface area contributed by atoms with E-state index in [0.29, 0.717) is 0 Å². The number of benzene rings is 1. The van der Waals surface area contributed by atoms with Crippen LogP contribution in [0.15, 0.2) is 80.4 Å². The molecular weight excluding hydrogens is 384 g/mol. The van der Waals surface area contributed by atoms with Gasteiger partial charge in [-0.15, -0.1) is 0 Å². The molecule has 0 aliphatic heterocycles. The van der Waals surface area contributed by atoms with Crippen molar-refractivity contribution >= 4 is 21.5 Å². The monoisotopic (exact) mass is 398 g/mol. The molecule has 0 saturated carbocycles. The number of aromatic nitrogens is 4. The molecule has 0 N–H and O–H groups in total. The second kappa shape index (κ2) is 6.70. The highest BCUT2D eigenvalue weighted by atomic mass is 16.2. The van der Waals surface area contributed by atoms with Crippen molar-refractivity contribution in [1.29, 1.82) is 0 Å². The molecule has 1 aromatic carbocycles. The molecule has 5 rings (SSSR count). The van der Waals surface area contributed by atoms with E-state index in [4.69, 9.17) is 0 Å². The molecule has 0 amide bonds. The Labute approximate surface area is 168 Å². The predicted molar refractivity (Wildman–Crippen MR) is 112 cm³/mol. The number of fused-ring (bicyclic) bond motifs is 2. The summed E-state index contributed by atoms with van der Waals surface area (Å²) in [5.41, 5.74) is -0.430. The van der Waals surface area contributed by atoms with Crippen LogP contribution >= 0.6 is 0 Å². The molecule has 0 fully saturated rings. The summed E-state index contributed by atoms with van der Waals surface area (Å²) in [6.45, 7) is 0.186. The van der Waals surface area contributed by atoms with E-state index in [0.717, 1.165) is 20.3 Å². The van der Waals surface area contributed by atoms with E-state index < -0.39 is 22.2 Å². The summed E-state index contributed by atoms with van der Waals surface area (Å²) < 4.78 is 2.22. The van der Waals surface area contributed by atoms with Crippen molar-refractivity contribution in [1.82, 2.24) is 19.1 Å². The lowest BCUT2D eigenvalue weighted by Gasteiger charge is -1.99. The molecule has 0 radical (unpaired) electrons. The number of hydrogen-bond acceptors (Lipinski definition) is 6. The first-order chi connectivity index (χ1) is 14.5. The zero-order valence-electron chi connectivity index (χ0n) is 15.6. The molecule has 0 spiro atoms. The van der Waals surface area contributed by atoms with Gasteiger partial charge in [0.05, 0.1) is 34.6 Å². The first-order valence-electron chi connectivity index (χ1n) is 9.23. The topological polar surface area (TPSA) is 104 Å². The van der Waals surface area contributed by atoms with Gasteiger partial charge >= 0.3 is 0 Å². The fourth-order valence-corrected chi connectivity index (χ4v) is 3.70. The van der Waals surface area contributed by atoms with Crippen molar-refractivity contribution in [3.8, 4) is 0 Å². The number of nitrogens with zero attached hydrogens (tertiary/aromatic N) is 4. The van der Waals surface area contributed by atoms with Crippen molar-refractivity contribution in [3.05, 3.63) is 114 Å². The Bertz CT molecular complexity index is 1410. The zero-order valence-corrected chi connectivity index (χ0v) is 15.6. The zero-order chi connectivity index (χ0) is 20.8. The van der Waals surface area contributed by atoms with Crippen molar-refractivity contribution in [2.45, 2.75) is 13.1 Å². The van der Waals surface area contributed by atoms with E-state index in [9.17, 15) is 19.2 Å². The smallest absolute Gasteiger partial charge is 0.261 e. The first-order valence-corrected chi connectivity index (χ1v) is 9.23. The Hall–Kier alpha value is -4.20. The minimum atomic E-state index is -0.484. The predicted octanol–water partition coefficient (Wildman–Crippen LogP) is 0.799. The van der Waals surface area contributed by atoms with Crippen LogP contribution < -0.4 is 22.2 Å². The third kappa shape index (κ3) is 2.69. The summed E-state index contributed by atoms with van der Waals surface area (Å²) in [5, 5.41) is 0.555. The van der Waals surface area contributed by atoms with Crippen molar-refractivity contribution < 1.29 is 0 Å². The van der Waals surface area contributed by atoms with Crippen LogP contribution in [0.4, 0.5) is 0 Å². The second-order valence-electron chi connectivity index (χ2n) is 7.05. The summed E-state index contributed by atoms with van der Waals surface area (Å²) in [7, 11) is 0. The number of rotatable bonds is 4. The van der Waals surface area contributed by atoms with Gasteiger partial charge in [0.15, 0.2) is 0 Å². The number of pyridine rings is 2. The van der Waals surface area contributed by atoms with Gasteiger partial charge in [0.2, 0.25) is 0 Å². The fraction of sp³-hybridized carbons (Fsp3) is 0.0909. The normalized spacial score (nSPS) is 11.5. The molecule has 146 valence electrons. The molecule has 0 aliphatic rings. The van der Waals surface area contributed by atoms with Crippen LogP contribution in [0.3, 0.4) is 0 Å². The highest BCUT2D eigenvalue weighted by molar-refractivity contribution is 5.97. The van der Waals surface area contributed by atoms with Crippen LogP contribution in [0.2, 0.25) is 0 Å². The molecule has 4 aromatic heterocycles. The Morgan fingerprint density at radius 2 is 0.833 bits per heavy atom. The minimum Gasteiger partial charge on any atom is -0.270 e. The van der Waals surface area contributed by atoms with Gasteiger partial charge in [-0.25, -0.2) is 0 Å². The lowest BCUT2D eigenvalue weighted by molar-refractivity contribution is 0.752. The maximum atomic E-state index is 12.8. The molecule has 4 heterocycles. The highest BCUT2D eigenvalue weighted by Crippen LogP contribution is 2.15. The van der Waals surface area contributed by atoms with Crippen LogP contribution in [0.5, 0.6) is 0 Å². The third-order valence-electron chi connectivity index (χ3n) is 5.24. The molecule has 8 nitrogen and oxygen atoms in total. The van der Waals surface area contributed by atoms with Gasteiger partial charge in [-0.05, 0) is 47.5 Å². The first kappa shape index (κ1) is 17.9. The fourth-order valence-electron chi connectivity index (χ4n) is 3.70.